The zero-order valence-electron chi connectivity index (χ0n) is 12.9. The van der Waals surface area contributed by atoms with Gasteiger partial charge in [-0.25, -0.2) is 0 Å². The van der Waals surface area contributed by atoms with Crippen LogP contribution in [-0.2, 0) is 16.1 Å². The smallest absolute Gasteiger partial charge is 0.321 e. The molecule has 0 spiro atoms. The third kappa shape index (κ3) is 4.03. The van der Waals surface area contributed by atoms with E-state index in [1.165, 1.54) is 7.11 Å². The highest BCUT2D eigenvalue weighted by atomic mass is 16.5. The molecule has 1 aliphatic rings. The first-order valence-corrected chi connectivity index (χ1v) is 7.00. The number of methoxy groups -OCH3 is 1. The van der Waals surface area contributed by atoms with Crippen LogP contribution < -0.4 is 20.3 Å². The van der Waals surface area contributed by atoms with E-state index in [2.05, 4.69) is 25.6 Å². The largest absolute Gasteiger partial charge is 0.467 e. The van der Waals surface area contributed by atoms with E-state index in [-0.39, 0.29) is 30.3 Å². The summed E-state index contributed by atoms with van der Waals surface area (Å²) >= 11 is 0. The number of carbonyl (C=O) groups excluding carboxylic acids is 2. The third-order valence-electron chi connectivity index (χ3n) is 3.29. The van der Waals surface area contributed by atoms with E-state index < -0.39 is 0 Å². The molecule has 1 unspecified atom stereocenters. The van der Waals surface area contributed by atoms with Gasteiger partial charge in [0.25, 0.3) is 0 Å². The van der Waals surface area contributed by atoms with E-state index in [1.807, 2.05) is 14.1 Å². The Morgan fingerprint density at radius 3 is 2.77 bits per heavy atom. The number of ether oxygens (including phenoxy) is 1. The Balaban J connectivity index is 1.97. The number of nitrogens with zero attached hydrogens (tertiary/aromatic N) is 4. The normalized spacial score (nSPS) is 17.6. The lowest BCUT2D eigenvalue weighted by molar-refractivity contribution is -0.129. The van der Waals surface area contributed by atoms with E-state index in [0.717, 1.165) is 0 Å². The zero-order valence-corrected chi connectivity index (χ0v) is 12.9. The maximum Gasteiger partial charge on any atom is 0.321 e. The predicted molar refractivity (Wildman–Crippen MR) is 78.3 cm³/mol. The quantitative estimate of drug-likeness (QED) is 0.724. The van der Waals surface area contributed by atoms with Gasteiger partial charge in [-0.05, 0) is 6.42 Å². The highest BCUT2D eigenvalue weighted by Gasteiger charge is 2.24. The van der Waals surface area contributed by atoms with Crippen molar-refractivity contribution in [1.29, 1.82) is 0 Å². The van der Waals surface area contributed by atoms with Crippen molar-refractivity contribution >= 4 is 17.8 Å². The molecule has 0 aromatic carbocycles. The van der Waals surface area contributed by atoms with Crippen LogP contribution in [0.2, 0.25) is 0 Å². The number of nitrogens with one attached hydrogen (secondary N) is 2. The van der Waals surface area contributed by atoms with Crippen LogP contribution in [0.4, 0.5) is 5.95 Å². The second-order valence-electron chi connectivity index (χ2n) is 5.19. The molecule has 1 atom stereocenters. The number of hydrogen-bond donors (Lipinski definition) is 2. The minimum absolute atomic E-state index is 0.0121. The van der Waals surface area contributed by atoms with Gasteiger partial charge in [0.1, 0.15) is 0 Å². The fraction of sp³-hybridized carbons (Fsp3) is 0.615. The Hall–Kier alpha value is -2.45. The number of hydrogen-bond acceptors (Lipinski definition) is 7. The third-order valence-corrected chi connectivity index (χ3v) is 3.29. The molecule has 0 aliphatic carbocycles. The van der Waals surface area contributed by atoms with E-state index in [9.17, 15) is 9.59 Å². The van der Waals surface area contributed by atoms with Gasteiger partial charge in [-0.1, -0.05) is 0 Å². The molecule has 0 saturated carbocycles. The number of piperidine rings is 1. The molecule has 2 N–H and O–H groups in total. The molecule has 2 rings (SSSR count). The number of carbonyl (C=O) groups is 2. The predicted octanol–water partition coefficient (Wildman–Crippen LogP) is -0.911. The standard InChI is InChI=1S/C13H20N6O3/c1-19(2)12-16-9(17-13(18-12)22-3)7-15-11(21)8-4-5-10(20)14-6-8/h8H,4-7H2,1-3H3,(H,14,20)(H,15,21). The fourth-order valence-electron chi connectivity index (χ4n) is 2.02. The minimum atomic E-state index is -0.213. The Labute approximate surface area is 128 Å². The van der Waals surface area contributed by atoms with E-state index in [1.54, 1.807) is 4.90 Å². The summed E-state index contributed by atoms with van der Waals surface area (Å²) in [6.07, 6.45) is 0.934. The first-order valence-electron chi connectivity index (χ1n) is 7.00. The number of rotatable bonds is 5. The van der Waals surface area contributed by atoms with Gasteiger partial charge in [-0.3, -0.25) is 9.59 Å². The van der Waals surface area contributed by atoms with Crippen molar-refractivity contribution in [1.82, 2.24) is 25.6 Å². The lowest BCUT2D eigenvalue weighted by atomic mass is 9.98. The van der Waals surface area contributed by atoms with Crippen LogP contribution in [0.1, 0.15) is 18.7 Å². The van der Waals surface area contributed by atoms with Crippen molar-refractivity contribution in [3.05, 3.63) is 5.82 Å². The molecule has 2 heterocycles. The second kappa shape index (κ2) is 7.01. The number of aromatic nitrogens is 3. The second-order valence-corrected chi connectivity index (χ2v) is 5.19. The van der Waals surface area contributed by atoms with Crippen molar-refractivity contribution in [3.8, 4) is 6.01 Å². The maximum absolute atomic E-state index is 12.1. The van der Waals surface area contributed by atoms with Crippen LogP contribution in [0.15, 0.2) is 0 Å². The highest BCUT2D eigenvalue weighted by molar-refractivity contribution is 5.83. The lowest BCUT2D eigenvalue weighted by Gasteiger charge is -2.21. The fourth-order valence-corrected chi connectivity index (χ4v) is 2.02. The van der Waals surface area contributed by atoms with Crippen molar-refractivity contribution < 1.29 is 14.3 Å². The van der Waals surface area contributed by atoms with Crippen LogP contribution >= 0.6 is 0 Å². The van der Waals surface area contributed by atoms with Gasteiger partial charge in [0.2, 0.25) is 17.8 Å². The summed E-state index contributed by atoms with van der Waals surface area (Å²) in [6, 6.07) is 0.202. The Bertz CT molecular complexity index is 553. The molecular weight excluding hydrogens is 288 g/mol. The summed E-state index contributed by atoms with van der Waals surface area (Å²) in [4.78, 5) is 37.4. The summed E-state index contributed by atoms with van der Waals surface area (Å²) in [7, 11) is 5.09. The molecule has 1 saturated heterocycles. The zero-order chi connectivity index (χ0) is 16.1. The molecule has 0 bridgehead atoms. The first-order chi connectivity index (χ1) is 10.5. The molecule has 1 aromatic heterocycles. The summed E-state index contributed by atoms with van der Waals surface area (Å²) in [6.45, 7) is 0.553. The highest BCUT2D eigenvalue weighted by Crippen LogP contribution is 2.12. The molecule has 2 amide bonds. The molecule has 1 aliphatic heterocycles. The SMILES string of the molecule is COc1nc(CNC(=O)C2CCC(=O)NC2)nc(N(C)C)n1. The Morgan fingerprint density at radius 2 is 2.18 bits per heavy atom. The summed E-state index contributed by atoms with van der Waals surface area (Å²) in [5.41, 5.74) is 0. The first kappa shape index (κ1) is 15.9. The van der Waals surface area contributed by atoms with Crippen LogP contribution in [-0.4, -0.2) is 54.5 Å². The van der Waals surface area contributed by atoms with Gasteiger partial charge in [0, 0.05) is 27.1 Å². The molecule has 9 heteroatoms. The minimum Gasteiger partial charge on any atom is -0.467 e. The average Bonchev–Trinajstić information content (AvgIpc) is 2.52. The summed E-state index contributed by atoms with van der Waals surface area (Å²) < 4.78 is 5.03. The van der Waals surface area contributed by atoms with Gasteiger partial charge in [-0.2, -0.15) is 15.0 Å². The van der Waals surface area contributed by atoms with Crippen molar-refractivity contribution in [2.24, 2.45) is 5.92 Å². The van der Waals surface area contributed by atoms with Crippen LogP contribution in [0, 0.1) is 5.92 Å². The molecule has 1 aromatic rings. The Morgan fingerprint density at radius 1 is 1.41 bits per heavy atom. The van der Waals surface area contributed by atoms with Crippen LogP contribution in [0.3, 0.4) is 0 Å². The van der Waals surface area contributed by atoms with E-state index in [4.69, 9.17) is 4.74 Å². The molecule has 1 fully saturated rings. The Kier molecular flexibility index (Phi) is 5.08. The summed E-state index contributed by atoms with van der Waals surface area (Å²) in [5, 5.41) is 5.47. The van der Waals surface area contributed by atoms with Gasteiger partial charge in [-0.15, -0.1) is 0 Å². The van der Waals surface area contributed by atoms with Gasteiger partial charge in [0.05, 0.1) is 19.6 Å². The number of anilines is 1. The maximum atomic E-state index is 12.1. The van der Waals surface area contributed by atoms with Gasteiger partial charge < -0.3 is 20.3 Å². The average molecular weight is 308 g/mol. The molecule has 120 valence electrons. The number of amides is 2. The van der Waals surface area contributed by atoms with Gasteiger partial charge >= 0.3 is 6.01 Å². The van der Waals surface area contributed by atoms with Crippen molar-refractivity contribution in [2.75, 3.05) is 32.6 Å². The topological polar surface area (TPSA) is 109 Å². The van der Waals surface area contributed by atoms with Crippen LogP contribution in [0.5, 0.6) is 6.01 Å². The van der Waals surface area contributed by atoms with Gasteiger partial charge in [0.15, 0.2) is 5.82 Å². The summed E-state index contributed by atoms with van der Waals surface area (Å²) in [5.74, 6) is 0.534. The van der Waals surface area contributed by atoms with Crippen molar-refractivity contribution in [2.45, 2.75) is 19.4 Å². The lowest BCUT2D eigenvalue weighted by Crippen LogP contribution is -2.42. The van der Waals surface area contributed by atoms with Crippen LogP contribution in [0.25, 0.3) is 0 Å². The monoisotopic (exact) mass is 308 g/mol. The van der Waals surface area contributed by atoms with E-state index in [0.29, 0.717) is 31.2 Å². The van der Waals surface area contributed by atoms with Crippen molar-refractivity contribution in [3.63, 3.8) is 0 Å². The molecule has 22 heavy (non-hydrogen) atoms. The molecular formula is C13H20N6O3. The molecule has 0 radical (unpaired) electrons. The van der Waals surface area contributed by atoms with E-state index >= 15 is 0 Å². The molecule has 9 nitrogen and oxygen atoms in total.